The van der Waals surface area contributed by atoms with E-state index in [4.69, 9.17) is 5.11 Å². The smallest absolute Gasteiger partial charge is 0.326 e. The standard InChI is InChI=1S/C14H24N2O4S/c1-9(13(18)16-11-5-3-4-6-11)21-8-7-12(14(19)20)15-10(2)17/h9,11-12H,3-8H2,1-2H3,(H,15,17)(H,16,18)(H,19,20). The molecule has 2 unspecified atom stereocenters. The summed E-state index contributed by atoms with van der Waals surface area (Å²) in [4.78, 5) is 33.9. The van der Waals surface area contributed by atoms with Gasteiger partial charge in [-0.25, -0.2) is 4.79 Å². The van der Waals surface area contributed by atoms with Crippen molar-refractivity contribution in [3.05, 3.63) is 0 Å². The van der Waals surface area contributed by atoms with E-state index in [1.54, 1.807) is 0 Å². The lowest BCUT2D eigenvalue weighted by molar-refractivity contribution is -0.141. The van der Waals surface area contributed by atoms with Crippen LogP contribution in [0.2, 0.25) is 0 Å². The van der Waals surface area contributed by atoms with E-state index >= 15 is 0 Å². The van der Waals surface area contributed by atoms with Gasteiger partial charge in [-0.15, -0.1) is 11.8 Å². The maximum absolute atomic E-state index is 12.0. The van der Waals surface area contributed by atoms with Gasteiger partial charge in [0.1, 0.15) is 6.04 Å². The minimum Gasteiger partial charge on any atom is -0.480 e. The van der Waals surface area contributed by atoms with Crippen LogP contribution in [0.25, 0.3) is 0 Å². The maximum atomic E-state index is 12.0. The predicted molar refractivity (Wildman–Crippen MR) is 82.2 cm³/mol. The average molecular weight is 316 g/mol. The molecule has 0 aromatic rings. The molecule has 0 aliphatic heterocycles. The minimum absolute atomic E-state index is 0.0123. The number of thioether (sulfide) groups is 1. The fraction of sp³-hybridized carbons (Fsp3) is 0.786. The molecule has 7 heteroatoms. The zero-order valence-electron chi connectivity index (χ0n) is 12.6. The molecule has 0 heterocycles. The van der Waals surface area contributed by atoms with Crippen LogP contribution >= 0.6 is 11.8 Å². The summed E-state index contributed by atoms with van der Waals surface area (Å²) in [6.45, 7) is 3.11. The monoisotopic (exact) mass is 316 g/mol. The summed E-state index contributed by atoms with van der Waals surface area (Å²) in [6.07, 6.45) is 4.74. The van der Waals surface area contributed by atoms with Crippen molar-refractivity contribution < 1.29 is 19.5 Å². The third-order valence-electron chi connectivity index (χ3n) is 3.52. The summed E-state index contributed by atoms with van der Waals surface area (Å²) >= 11 is 1.41. The number of carboxylic acids is 1. The highest BCUT2D eigenvalue weighted by atomic mass is 32.2. The van der Waals surface area contributed by atoms with Gasteiger partial charge in [-0.2, -0.15) is 0 Å². The highest BCUT2D eigenvalue weighted by molar-refractivity contribution is 8.00. The molecule has 0 spiro atoms. The number of carboxylic acid groups (broad SMARTS) is 1. The Morgan fingerprint density at radius 2 is 1.90 bits per heavy atom. The molecule has 1 saturated carbocycles. The van der Waals surface area contributed by atoms with Gasteiger partial charge in [-0.3, -0.25) is 9.59 Å². The second-order valence-electron chi connectivity index (χ2n) is 5.38. The highest BCUT2D eigenvalue weighted by Crippen LogP contribution is 2.19. The molecule has 1 rings (SSSR count). The Bertz CT molecular complexity index is 383. The number of nitrogens with one attached hydrogen (secondary N) is 2. The average Bonchev–Trinajstić information content (AvgIpc) is 2.89. The van der Waals surface area contributed by atoms with Crippen molar-refractivity contribution in [2.75, 3.05) is 5.75 Å². The summed E-state index contributed by atoms with van der Waals surface area (Å²) in [5.74, 6) is -0.886. The molecule has 2 amide bonds. The summed E-state index contributed by atoms with van der Waals surface area (Å²) < 4.78 is 0. The molecule has 1 aliphatic rings. The van der Waals surface area contributed by atoms with Crippen molar-refractivity contribution in [3.8, 4) is 0 Å². The van der Waals surface area contributed by atoms with Crippen LogP contribution in [0.5, 0.6) is 0 Å². The lowest BCUT2D eigenvalue weighted by Gasteiger charge is -2.17. The summed E-state index contributed by atoms with van der Waals surface area (Å²) in [5, 5.41) is 14.2. The number of carbonyl (C=O) groups is 3. The first-order valence-electron chi connectivity index (χ1n) is 7.32. The van der Waals surface area contributed by atoms with E-state index < -0.39 is 12.0 Å². The van der Waals surface area contributed by atoms with E-state index in [1.807, 2.05) is 6.92 Å². The Balaban J connectivity index is 2.27. The van der Waals surface area contributed by atoms with Crippen LogP contribution in [-0.4, -0.2) is 46.0 Å². The van der Waals surface area contributed by atoms with Gasteiger partial charge in [0.2, 0.25) is 11.8 Å². The van der Waals surface area contributed by atoms with Crippen LogP contribution in [0, 0.1) is 0 Å². The molecular weight excluding hydrogens is 292 g/mol. The van der Waals surface area contributed by atoms with Crippen molar-refractivity contribution in [2.24, 2.45) is 0 Å². The number of hydrogen-bond donors (Lipinski definition) is 3. The van der Waals surface area contributed by atoms with Crippen molar-refractivity contribution in [2.45, 2.75) is 63.3 Å². The molecule has 1 fully saturated rings. The van der Waals surface area contributed by atoms with Crippen molar-refractivity contribution in [3.63, 3.8) is 0 Å². The van der Waals surface area contributed by atoms with E-state index in [9.17, 15) is 14.4 Å². The quantitative estimate of drug-likeness (QED) is 0.624. The molecule has 0 saturated heterocycles. The van der Waals surface area contributed by atoms with Gasteiger partial charge < -0.3 is 15.7 Å². The van der Waals surface area contributed by atoms with Crippen molar-refractivity contribution in [1.82, 2.24) is 10.6 Å². The van der Waals surface area contributed by atoms with Gasteiger partial charge in [-0.05, 0) is 31.9 Å². The fourth-order valence-corrected chi connectivity index (χ4v) is 3.27. The number of aliphatic carboxylic acids is 1. The first-order chi connectivity index (χ1) is 9.90. The lowest BCUT2D eigenvalue weighted by Crippen LogP contribution is -2.40. The van der Waals surface area contributed by atoms with E-state index in [0.717, 1.165) is 12.8 Å². The van der Waals surface area contributed by atoms with Crippen LogP contribution in [0.3, 0.4) is 0 Å². The van der Waals surface area contributed by atoms with Gasteiger partial charge in [0, 0.05) is 13.0 Å². The fourth-order valence-electron chi connectivity index (χ4n) is 2.33. The third-order valence-corrected chi connectivity index (χ3v) is 4.71. The second kappa shape index (κ2) is 8.92. The Labute approximate surface area is 129 Å². The largest absolute Gasteiger partial charge is 0.480 e. The summed E-state index contributed by atoms with van der Waals surface area (Å²) in [6, 6.07) is -0.591. The molecular formula is C14H24N2O4S. The third kappa shape index (κ3) is 6.84. The van der Waals surface area contributed by atoms with Gasteiger partial charge >= 0.3 is 5.97 Å². The number of carbonyl (C=O) groups excluding carboxylic acids is 2. The van der Waals surface area contributed by atoms with Gasteiger partial charge in [0.15, 0.2) is 0 Å². The molecule has 0 radical (unpaired) electrons. The zero-order chi connectivity index (χ0) is 15.8. The van der Waals surface area contributed by atoms with Gasteiger partial charge in [0.05, 0.1) is 5.25 Å². The van der Waals surface area contributed by atoms with Crippen LogP contribution in [0.15, 0.2) is 0 Å². The van der Waals surface area contributed by atoms with Crippen LogP contribution < -0.4 is 10.6 Å². The molecule has 6 nitrogen and oxygen atoms in total. The molecule has 3 N–H and O–H groups in total. The van der Waals surface area contributed by atoms with E-state index in [0.29, 0.717) is 18.2 Å². The van der Waals surface area contributed by atoms with Crippen molar-refractivity contribution in [1.29, 1.82) is 0 Å². The van der Waals surface area contributed by atoms with Crippen molar-refractivity contribution >= 4 is 29.5 Å². The lowest BCUT2D eigenvalue weighted by atomic mass is 10.2. The molecule has 1 aliphatic carbocycles. The number of rotatable bonds is 8. The first kappa shape index (κ1) is 17.8. The summed E-state index contributed by atoms with van der Waals surface area (Å²) in [5.41, 5.74) is 0. The van der Waals surface area contributed by atoms with Crippen LogP contribution in [0.4, 0.5) is 0 Å². The Hall–Kier alpha value is -1.24. The van der Waals surface area contributed by atoms with Gasteiger partial charge in [0.25, 0.3) is 0 Å². The van der Waals surface area contributed by atoms with Crippen LogP contribution in [0.1, 0.15) is 46.0 Å². The Kier molecular flexibility index (Phi) is 7.56. The Morgan fingerprint density at radius 1 is 1.29 bits per heavy atom. The predicted octanol–water partition coefficient (Wildman–Crippen LogP) is 1.15. The molecule has 0 aromatic carbocycles. The van der Waals surface area contributed by atoms with E-state index in [1.165, 1.54) is 31.5 Å². The molecule has 120 valence electrons. The SMILES string of the molecule is CC(=O)NC(CCSC(C)C(=O)NC1CCCC1)C(=O)O. The minimum atomic E-state index is -1.05. The topological polar surface area (TPSA) is 95.5 Å². The second-order valence-corrected chi connectivity index (χ2v) is 6.83. The highest BCUT2D eigenvalue weighted by Gasteiger charge is 2.22. The molecule has 0 aromatic heterocycles. The molecule has 2 atom stereocenters. The molecule has 0 bridgehead atoms. The zero-order valence-corrected chi connectivity index (χ0v) is 13.4. The first-order valence-corrected chi connectivity index (χ1v) is 8.37. The van der Waals surface area contributed by atoms with E-state index in [2.05, 4.69) is 10.6 Å². The number of amides is 2. The normalized spacial score (nSPS) is 18.0. The van der Waals surface area contributed by atoms with Gasteiger partial charge in [-0.1, -0.05) is 12.8 Å². The molecule has 21 heavy (non-hydrogen) atoms. The number of hydrogen-bond acceptors (Lipinski definition) is 4. The van der Waals surface area contributed by atoms with E-state index in [-0.39, 0.29) is 17.1 Å². The van der Waals surface area contributed by atoms with Crippen LogP contribution in [-0.2, 0) is 14.4 Å². The summed E-state index contributed by atoms with van der Waals surface area (Å²) in [7, 11) is 0. The maximum Gasteiger partial charge on any atom is 0.326 e. The Morgan fingerprint density at radius 3 is 2.43 bits per heavy atom.